The van der Waals surface area contributed by atoms with Gasteiger partial charge >= 0.3 is 0 Å². The van der Waals surface area contributed by atoms with Gasteiger partial charge in [0.2, 0.25) is 11.9 Å². The van der Waals surface area contributed by atoms with Crippen LogP contribution in [-0.2, 0) is 4.79 Å². The molecule has 172 valence electrons. The normalized spacial score (nSPS) is 17.3. The number of imidazole rings is 1. The second-order valence-electron chi connectivity index (χ2n) is 8.79. The Kier molecular flexibility index (Phi) is 5.17. The van der Waals surface area contributed by atoms with Crippen LogP contribution in [0.15, 0.2) is 59.6 Å². The van der Waals surface area contributed by atoms with Crippen LogP contribution in [0.1, 0.15) is 19.3 Å². The number of amides is 1. The van der Waals surface area contributed by atoms with Crippen LogP contribution in [0.5, 0.6) is 0 Å². The van der Waals surface area contributed by atoms with Crippen LogP contribution in [0.25, 0.3) is 17.0 Å². The van der Waals surface area contributed by atoms with Gasteiger partial charge in [0.15, 0.2) is 0 Å². The second kappa shape index (κ2) is 8.35. The highest BCUT2D eigenvalue weighted by Gasteiger charge is 2.44. The number of pyridine rings is 2. The number of aromatic nitrogens is 5. The van der Waals surface area contributed by atoms with Crippen molar-refractivity contribution < 1.29 is 4.79 Å². The number of halogens is 1. The molecule has 2 N–H and O–H groups in total. The zero-order valence-corrected chi connectivity index (χ0v) is 20.0. The van der Waals surface area contributed by atoms with Crippen molar-refractivity contribution in [2.45, 2.75) is 19.3 Å². The summed E-state index contributed by atoms with van der Waals surface area (Å²) in [5.74, 6) is 1.63. The van der Waals surface area contributed by atoms with Crippen molar-refractivity contribution in [3.8, 4) is 11.4 Å². The van der Waals surface area contributed by atoms with Crippen molar-refractivity contribution in [2.24, 2.45) is 5.41 Å². The smallest absolute Gasteiger partial charge is 0.227 e. The van der Waals surface area contributed by atoms with Gasteiger partial charge in [-0.1, -0.05) is 0 Å². The van der Waals surface area contributed by atoms with Crippen LogP contribution in [0.4, 0.5) is 17.5 Å². The summed E-state index contributed by atoms with van der Waals surface area (Å²) in [7, 11) is 0. The molecule has 0 saturated carbocycles. The molecule has 2 aliphatic rings. The second-order valence-corrected chi connectivity index (χ2v) is 9.70. The number of nitrogens with one attached hydrogen (secondary N) is 2. The fourth-order valence-electron chi connectivity index (χ4n) is 4.84. The third kappa shape index (κ3) is 3.77. The number of carbonyl (C=O) groups excluding carboxylic acids is 1. The monoisotopic (exact) mass is 518 g/mol. The van der Waals surface area contributed by atoms with E-state index in [9.17, 15) is 4.79 Å². The molecule has 0 atom stereocenters. The van der Waals surface area contributed by atoms with Crippen molar-refractivity contribution in [1.29, 1.82) is 0 Å². The van der Waals surface area contributed by atoms with Gasteiger partial charge in [-0.05, 0) is 65.5 Å². The van der Waals surface area contributed by atoms with Gasteiger partial charge in [0.1, 0.15) is 11.5 Å². The number of fused-ring (bicyclic) bond motifs is 1. The minimum Gasteiger partial charge on any atom is -0.357 e. The van der Waals surface area contributed by atoms with Crippen molar-refractivity contribution in [1.82, 2.24) is 29.7 Å². The van der Waals surface area contributed by atoms with Gasteiger partial charge in [0, 0.05) is 36.5 Å². The molecule has 0 aliphatic carbocycles. The number of carbonyl (C=O) groups is 1. The predicted octanol–water partition coefficient (Wildman–Crippen LogP) is 3.80. The first-order valence-electron chi connectivity index (χ1n) is 11.3. The quantitative estimate of drug-likeness (QED) is 0.423. The highest BCUT2D eigenvalue weighted by Crippen LogP contribution is 2.39. The maximum Gasteiger partial charge on any atom is 0.227 e. The average molecular weight is 519 g/mol. The summed E-state index contributed by atoms with van der Waals surface area (Å²) in [6, 6.07) is 9.76. The van der Waals surface area contributed by atoms with Gasteiger partial charge in [-0.2, -0.15) is 0 Å². The summed E-state index contributed by atoms with van der Waals surface area (Å²) in [6.45, 7) is 2.48. The molecule has 2 fully saturated rings. The third-order valence-electron chi connectivity index (χ3n) is 6.81. The Bertz CT molecular complexity index is 1360. The molecule has 0 radical (unpaired) electrons. The van der Waals surface area contributed by atoms with E-state index in [0.717, 1.165) is 71.9 Å². The van der Waals surface area contributed by atoms with Crippen LogP contribution >= 0.6 is 15.9 Å². The third-order valence-corrected chi connectivity index (χ3v) is 7.28. The van der Waals surface area contributed by atoms with Crippen molar-refractivity contribution >= 4 is 44.9 Å². The fourth-order valence-corrected chi connectivity index (χ4v) is 5.18. The Balaban J connectivity index is 1.16. The van der Waals surface area contributed by atoms with E-state index < -0.39 is 0 Å². The Hall–Kier alpha value is -3.53. The number of hydrogen-bond donors (Lipinski definition) is 2. The van der Waals surface area contributed by atoms with Crippen LogP contribution in [0.2, 0.25) is 0 Å². The molecule has 0 bridgehead atoms. The SMILES string of the molecule is O=C1NCCC12CCN(c1ccc(Nc3nccc(-c4cnc5ccc(Br)cn45)n3)cn1)CC2. The molecule has 6 heterocycles. The molecule has 6 rings (SSSR count). The van der Waals surface area contributed by atoms with Gasteiger partial charge in [0.05, 0.1) is 34.9 Å². The maximum atomic E-state index is 12.2. The Morgan fingerprint density at radius 2 is 1.88 bits per heavy atom. The summed E-state index contributed by atoms with van der Waals surface area (Å²) in [5, 5.41) is 6.24. The first-order chi connectivity index (χ1) is 16.6. The molecule has 0 unspecified atom stereocenters. The molecular formula is C24H23BrN8O. The van der Waals surface area contributed by atoms with E-state index in [1.807, 2.05) is 47.1 Å². The highest BCUT2D eigenvalue weighted by atomic mass is 79.9. The molecule has 1 spiro atoms. The van der Waals surface area contributed by atoms with Crippen molar-refractivity contribution in [3.63, 3.8) is 0 Å². The predicted molar refractivity (Wildman–Crippen MR) is 133 cm³/mol. The van der Waals surface area contributed by atoms with E-state index in [2.05, 4.69) is 51.4 Å². The summed E-state index contributed by atoms with van der Waals surface area (Å²) < 4.78 is 2.96. The molecule has 4 aromatic rings. The number of rotatable bonds is 4. The van der Waals surface area contributed by atoms with Crippen molar-refractivity contribution in [3.05, 3.63) is 59.6 Å². The van der Waals surface area contributed by atoms with E-state index in [1.165, 1.54) is 0 Å². The van der Waals surface area contributed by atoms with Crippen molar-refractivity contribution in [2.75, 3.05) is 29.9 Å². The molecule has 34 heavy (non-hydrogen) atoms. The van der Waals surface area contributed by atoms with Crippen LogP contribution in [0, 0.1) is 5.41 Å². The lowest BCUT2D eigenvalue weighted by Crippen LogP contribution is -2.44. The average Bonchev–Trinajstić information content (AvgIpc) is 3.43. The minimum atomic E-state index is -0.169. The summed E-state index contributed by atoms with van der Waals surface area (Å²) in [6.07, 6.45) is 10.00. The molecule has 10 heteroatoms. The van der Waals surface area contributed by atoms with Crippen LogP contribution < -0.4 is 15.5 Å². The van der Waals surface area contributed by atoms with Gasteiger partial charge in [-0.25, -0.2) is 19.9 Å². The van der Waals surface area contributed by atoms with Gasteiger partial charge < -0.3 is 15.5 Å². The van der Waals surface area contributed by atoms with Crippen LogP contribution in [0.3, 0.4) is 0 Å². The first-order valence-corrected chi connectivity index (χ1v) is 12.1. The number of piperidine rings is 1. The molecular weight excluding hydrogens is 496 g/mol. The molecule has 1 amide bonds. The maximum absolute atomic E-state index is 12.2. The van der Waals surface area contributed by atoms with E-state index in [1.54, 1.807) is 12.4 Å². The Morgan fingerprint density at radius 3 is 2.65 bits per heavy atom. The molecule has 9 nitrogen and oxygen atoms in total. The molecule has 4 aromatic heterocycles. The zero-order chi connectivity index (χ0) is 23.1. The van der Waals surface area contributed by atoms with E-state index >= 15 is 0 Å². The topological polar surface area (TPSA) is 100 Å². The molecule has 0 aromatic carbocycles. The lowest BCUT2D eigenvalue weighted by Gasteiger charge is -2.37. The summed E-state index contributed by atoms with van der Waals surface area (Å²) >= 11 is 3.51. The lowest BCUT2D eigenvalue weighted by atomic mass is 9.77. The summed E-state index contributed by atoms with van der Waals surface area (Å²) in [4.78, 5) is 32.6. The van der Waals surface area contributed by atoms with Gasteiger partial charge in [-0.3, -0.25) is 9.20 Å². The van der Waals surface area contributed by atoms with Crippen LogP contribution in [-0.4, -0.2) is 49.9 Å². The fraction of sp³-hybridized carbons (Fsp3) is 0.292. The van der Waals surface area contributed by atoms with E-state index in [-0.39, 0.29) is 11.3 Å². The number of nitrogens with zero attached hydrogens (tertiary/aromatic N) is 6. The largest absolute Gasteiger partial charge is 0.357 e. The molecule has 2 aliphatic heterocycles. The van der Waals surface area contributed by atoms with Gasteiger partial charge in [-0.15, -0.1) is 0 Å². The molecule has 2 saturated heterocycles. The summed E-state index contributed by atoms with van der Waals surface area (Å²) in [5.41, 5.74) is 3.14. The standard InChI is InChI=1S/C24H23BrN8O/c25-16-1-3-21-29-14-19(33(21)15-16)18-5-9-27-23(31-18)30-17-2-4-20(28-13-17)32-11-7-24(8-12-32)6-10-26-22(24)34/h1-5,9,13-15H,6-8,10-12H2,(H,26,34)(H,27,30,31). The Morgan fingerprint density at radius 1 is 1.00 bits per heavy atom. The zero-order valence-electron chi connectivity index (χ0n) is 18.4. The first kappa shape index (κ1) is 21.0. The Labute approximate surface area is 204 Å². The highest BCUT2D eigenvalue weighted by molar-refractivity contribution is 9.10. The minimum absolute atomic E-state index is 0.169. The lowest BCUT2D eigenvalue weighted by molar-refractivity contribution is -0.128. The number of hydrogen-bond acceptors (Lipinski definition) is 7. The van der Waals surface area contributed by atoms with E-state index in [0.29, 0.717) is 5.95 Å². The van der Waals surface area contributed by atoms with Gasteiger partial charge in [0.25, 0.3) is 0 Å². The van der Waals surface area contributed by atoms with E-state index in [4.69, 9.17) is 0 Å². The number of anilines is 3.